The number of nitrogens with zero attached hydrogens (tertiary/aromatic N) is 1. The van der Waals surface area contributed by atoms with E-state index in [1.54, 1.807) is 30.6 Å². The second-order valence-electron chi connectivity index (χ2n) is 4.75. The SMILES string of the molecule is COc1cc(C=CC(=O)Nc2cnccc2C)cc(Cl)c1OC. The Bertz CT molecular complexity index is 745. The minimum absolute atomic E-state index is 0.257. The highest BCUT2D eigenvalue weighted by Gasteiger charge is 2.10. The van der Waals surface area contributed by atoms with Crippen molar-refractivity contribution in [3.63, 3.8) is 0 Å². The fraction of sp³-hybridized carbons (Fsp3) is 0.176. The lowest BCUT2D eigenvalue weighted by Gasteiger charge is -2.10. The average Bonchev–Trinajstić information content (AvgIpc) is 2.54. The molecule has 0 atom stereocenters. The number of rotatable bonds is 5. The first-order valence-corrected chi connectivity index (χ1v) is 7.24. The molecule has 1 amide bonds. The van der Waals surface area contributed by atoms with Crippen LogP contribution in [0.2, 0.25) is 5.02 Å². The van der Waals surface area contributed by atoms with Crippen LogP contribution in [-0.2, 0) is 4.79 Å². The third-order valence-electron chi connectivity index (χ3n) is 3.18. The molecule has 2 aromatic rings. The van der Waals surface area contributed by atoms with Crippen LogP contribution < -0.4 is 14.8 Å². The van der Waals surface area contributed by atoms with E-state index in [0.29, 0.717) is 22.2 Å². The van der Waals surface area contributed by atoms with Crippen LogP contribution in [0.15, 0.2) is 36.7 Å². The second kappa shape index (κ2) is 7.65. The van der Waals surface area contributed by atoms with Crippen molar-refractivity contribution in [2.45, 2.75) is 6.92 Å². The molecule has 0 aliphatic rings. The Morgan fingerprint density at radius 2 is 2.09 bits per heavy atom. The lowest BCUT2D eigenvalue weighted by molar-refractivity contribution is -0.111. The van der Waals surface area contributed by atoms with Crippen molar-refractivity contribution < 1.29 is 14.3 Å². The summed E-state index contributed by atoms with van der Waals surface area (Å²) in [6.07, 6.45) is 6.35. The number of hydrogen-bond acceptors (Lipinski definition) is 4. The number of halogens is 1. The molecule has 23 heavy (non-hydrogen) atoms. The van der Waals surface area contributed by atoms with Crippen molar-refractivity contribution in [2.24, 2.45) is 0 Å². The van der Waals surface area contributed by atoms with E-state index < -0.39 is 0 Å². The molecule has 6 heteroatoms. The van der Waals surface area contributed by atoms with E-state index in [1.807, 2.05) is 13.0 Å². The molecular weight excluding hydrogens is 316 g/mol. The zero-order chi connectivity index (χ0) is 16.8. The van der Waals surface area contributed by atoms with Crippen LogP contribution >= 0.6 is 11.6 Å². The molecule has 0 radical (unpaired) electrons. The van der Waals surface area contributed by atoms with E-state index in [1.165, 1.54) is 20.3 Å². The summed E-state index contributed by atoms with van der Waals surface area (Å²) in [5, 5.41) is 3.18. The van der Waals surface area contributed by atoms with Gasteiger partial charge < -0.3 is 14.8 Å². The predicted molar refractivity (Wildman–Crippen MR) is 91.2 cm³/mol. The molecule has 0 saturated heterocycles. The Hall–Kier alpha value is -2.53. The molecule has 1 aromatic carbocycles. The van der Waals surface area contributed by atoms with Gasteiger partial charge in [0, 0.05) is 12.3 Å². The maximum atomic E-state index is 12.0. The van der Waals surface area contributed by atoms with E-state index in [9.17, 15) is 4.79 Å². The molecule has 0 unspecified atom stereocenters. The molecule has 0 bridgehead atoms. The summed E-state index contributed by atoms with van der Waals surface area (Å²) in [6, 6.07) is 5.26. The molecule has 0 aliphatic carbocycles. The summed E-state index contributed by atoms with van der Waals surface area (Å²) < 4.78 is 10.4. The Kier molecular flexibility index (Phi) is 5.60. The number of methoxy groups -OCH3 is 2. The van der Waals surface area contributed by atoms with E-state index >= 15 is 0 Å². The average molecular weight is 333 g/mol. The zero-order valence-electron chi connectivity index (χ0n) is 13.1. The second-order valence-corrected chi connectivity index (χ2v) is 5.16. The minimum atomic E-state index is -0.257. The third-order valence-corrected chi connectivity index (χ3v) is 3.46. The Balaban J connectivity index is 2.15. The largest absolute Gasteiger partial charge is 0.493 e. The molecule has 1 N–H and O–H groups in total. The maximum absolute atomic E-state index is 12.0. The number of hydrogen-bond donors (Lipinski definition) is 1. The van der Waals surface area contributed by atoms with Gasteiger partial charge in [0.05, 0.1) is 31.1 Å². The number of carbonyl (C=O) groups is 1. The zero-order valence-corrected chi connectivity index (χ0v) is 13.8. The highest BCUT2D eigenvalue weighted by atomic mass is 35.5. The van der Waals surface area contributed by atoms with E-state index in [4.69, 9.17) is 21.1 Å². The molecule has 2 rings (SSSR count). The van der Waals surface area contributed by atoms with Crippen LogP contribution in [-0.4, -0.2) is 25.1 Å². The van der Waals surface area contributed by atoms with Gasteiger partial charge in [-0.15, -0.1) is 0 Å². The van der Waals surface area contributed by atoms with Crippen molar-refractivity contribution in [1.82, 2.24) is 4.98 Å². The summed E-state index contributed by atoms with van der Waals surface area (Å²) in [7, 11) is 3.04. The summed E-state index contributed by atoms with van der Waals surface area (Å²) in [4.78, 5) is 16.0. The minimum Gasteiger partial charge on any atom is -0.493 e. The number of aromatic nitrogens is 1. The van der Waals surface area contributed by atoms with Gasteiger partial charge in [0.1, 0.15) is 0 Å². The predicted octanol–water partition coefficient (Wildman–Crippen LogP) is 3.71. The van der Waals surface area contributed by atoms with Gasteiger partial charge in [0.15, 0.2) is 11.5 Å². The van der Waals surface area contributed by atoms with Gasteiger partial charge in [-0.2, -0.15) is 0 Å². The van der Waals surface area contributed by atoms with Gasteiger partial charge in [-0.1, -0.05) is 11.6 Å². The van der Waals surface area contributed by atoms with Crippen LogP contribution in [0.3, 0.4) is 0 Å². The van der Waals surface area contributed by atoms with Gasteiger partial charge in [0.2, 0.25) is 5.91 Å². The van der Waals surface area contributed by atoms with E-state index in [2.05, 4.69) is 10.3 Å². The van der Waals surface area contributed by atoms with Gasteiger partial charge in [-0.05, 0) is 42.3 Å². The van der Waals surface area contributed by atoms with Crippen molar-refractivity contribution in [3.8, 4) is 11.5 Å². The topological polar surface area (TPSA) is 60.5 Å². The normalized spacial score (nSPS) is 10.6. The van der Waals surface area contributed by atoms with Crippen LogP contribution in [0.25, 0.3) is 6.08 Å². The number of benzene rings is 1. The molecule has 5 nitrogen and oxygen atoms in total. The number of carbonyl (C=O) groups excluding carboxylic acids is 1. The van der Waals surface area contributed by atoms with E-state index in [0.717, 1.165) is 11.1 Å². The molecule has 0 spiro atoms. The van der Waals surface area contributed by atoms with Gasteiger partial charge in [-0.3, -0.25) is 9.78 Å². The number of amides is 1. The third kappa shape index (κ3) is 4.23. The molecule has 0 saturated carbocycles. The maximum Gasteiger partial charge on any atom is 0.248 e. The quantitative estimate of drug-likeness (QED) is 0.848. The number of pyridine rings is 1. The Morgan fingerprint density at radius 1 is 1.30 bits per heavy atom. The first-order valence-electron chi connectivity index (χ1n) is 6.86. The molecule has 1 aromatic heterocycles. The smallest absolute Gasteiger partial charge is 0.248 e. The Labute approximate surface area is 139 Å². The summed E-state index contributed by atoms with van der Waals surface area (Å²) in [5.41, 5.74) is 2.34. The first-order chi connectivity index (χ1) is 11.0. The molecule has 0 fully saturated rings. The van der Waals surface area contributed by atoms with Crippen LogP contribution in [0, 0.1) is 6.92 Å². The lowest BCUT2D eigenvalue weighted by atomic mass is 10.2. The van der Waals surface area contributed by atoms with Gasteiger partial charge in [0.25, 0.3) is 0 Å². The fourth-order valence-electron chi connectivity index (χ4n) is 1.98. The standard InChI is InChI=1S/C17H17ClN2O3/c1-11-6-7-19-10-14(11)20-16(21)5-4-12-8-13(18)17(23-3)15(9-12)22-2/h4-10H,1-3H3,(H,20,21). The molecule has 1 heterocycles. The molecule has 120 valence electrons. The van der Waals surface area contributed by atoms with Crippen LogP contribution in [0.1, 0.15) is 11.1 Å². The number of anilines is 1. The Morgan fingerprint density at radius 3 is 2.74 bits per heavy atom. The summed E-state index contributed by atoms with van der Waals surface area (Å²) in [5.74, 6) is 0.705. The van der Waals surface area contributed by atoms with Crippen molar-refractivity contribution >= 4 is 29.3 Å². The van der Waals surface area contributed by atoms with Gasteiger partial charge >= 0.3 is 0 Å². The van der Waals surface area contributed by atoms with Crippen LogP contribution in [0.4, 0.5) is 5.69 Å². The summed E-state index contributed by atoms with van der Waals surface area (Å²) in [6.45, 7) is 1.90. The van der Waals surface area contributed by atoms with Crippen molar-refractivity contribution in [1.29, 1.82) is 0 Å². The molecular formula is C17H17ClN2O3. The number of nitrogens with one attached hydrogen (secondary N) is 1. The molecule has 0 aliphatic heterocycles. The number of ether oxygens (including phenoxy) is 2. The van der Waals surface area contributed by atoms with Gasteiger partial charge in [-0.25, -0.2) is 0 Å². The first kappa shape index (κ1) is 16.8. The highest BCUT2D eigenvalue weighted by Crippen LogP contribution is 2.36. The van der Waals surface area contributed by atoms with E-state index in [-0.39, 0.29) is 5.91 Å². The highest BCUT2D eigenvalue weighted by molar-refractivity contribution is 6.32. The monoisotopic (exact) mass is 332 g/mol. The van der Waals surface area contributed by atoms with Crippen molar-refractivity contribution in [3.05, 3.63) is 52.8 Å². The summed E-state index contributed by atoms with van der Waals surface area (Å²) >= 11 is 6.13. The van der Waals surface area contributed by atoms with Crippen LogP contribution in [0.5, 0.6) is 11.5 Å². The number of aryl methyl sites for hydroxylation is 1. The lowest BCUT2D eigenvalue weighted by Crippen LogP contribution is -2.09. The van der Waals surface area contributed by atoms with Crippen molar-refractivity contribution in [2.75, 3.05) is 19.5 Å². The fourth-order valence-corrected chi connectivity index (χ4v) is 2.27.